The van der Waals surface area contributed by atoms with Gasteiger partial charge < -0.3 is 14.7 Å². The van der Waals surface area contributed by atoms with Crippen LogP contribution in [0, 0.1) is 6.92 Å². The van der Waals surface area contributed by atoms with E-state index in [2.05, 4.69) is 9.80 Å². The monoisotopic (exact) mass is 294 g/mol. The van der Waals surface area contributed by atoms with Crippen LogP contribution in [0.1, 0.15) is 12.0 Å². The molecule has 1 rings (SSSR count). The van der Waals surface area contributed by atoms with Gasteiger partial charge in [0.1, 0.15) is 12.4 Å². The lowest BCUT2D eigenvalue weighted by Gasteiger charge is -2.23. The maximum Gasteiger partial charge on any atom is 0.304 e. The van der Waals surface area contributed by atoms with E-state index in [1.54, 1.807) is 0 Å². The quantitative estimate of drug-likeness (QED) is 0.712. The summed E-state index contributed by atoms with van der Waals surface area (Å²) in [6, 6.07) is 7.95. The first kappa shape index (κ1) is 17.5. The predicted octanol–water partition coefficient (Wildman–Crippen LogP) is 1.71. The molecule has 0 amide bonds. The summed E-state index contributed by atoms with van der Waals surface area (Å²) in [5, 5.41) is 8.80. The van der Waals surface area contributed by atoms with Crippen LogP contribution in [0.15, 0.2) is 24.3 Å². The molecule has 0 spiro atoms. The Morgan fingerprint density at radius 2 is 1.76 bits per heavy atom. The number of carboxylic acids is 1. The molecular formula is C16H26N2O3. The standard InChI is InChI=1S/C16H26N2O3/c1-14-4-6-15(7-5-14)21-13-12-18(9-8-16(19)20)11-10-17(2)3/h4-7H,8-13H2,1-3H3,(H,19,20). The molecule has 0 radical (unpaired) electrons. The van der Waals surface area contributed by atoms with Crippen LogP contribution < -0.4 is 4.74 Å². The number of carboxylic acid groups (broad SMARTS) is 1. The number of aliphatic carboxylic acids is 1. The molecule has 0 atom stereocenters. The number of nitrogens with zero attached hydrogens (tertiary/aromatic N) is 2. The number of hydrogen-bond acceptors (Lipinski definition) is 4. The lowest BCUT2D eigenvalue weighted by molar-refractivity contribution is -0.137. The molecule has 0 aliphatic rings. The predicted molar refractivity (Wildman–Crippen MR) is 83.9 cm³/mol. The molecule has 5 nitrogen and oxygen atoms in total. The molecule has 0 heterocycles. The molecule has 0 aliphatic carbocycles. The minimum Gasteiger partial charge on any atom is -0.492 e. The van der Waals surface area contributed by atoms with Gasteiger partial charge in [-0.1, -0.05) is 17.7 Å². The van der Waals surface area contributed by atoms with Crippen LogP contribution in [0.5, 0.6) is 5.75 Å². The molecule has 0 aliphatic heterocycles. The Morgan fingerprint density at radius 1 is 1.10 bits per heavy atom. The molecule has 21 heavy (non-hydrogen) atoms. The van der Waals surface area contributed by atoms with Crippen LogP contribution in [-0.4, -0.2) is 67.8 Å². The first-order valence-corrected chi connectivity index (χ1v) is 7.25. The van der Waals surface area contributed by atoms with Gasteiger partial charge in [0.15, 0.2) is 0 Å². The van der Waals surface area contributed by atoms with Gasteiger partial charge in [0.05, 0.1) is 6.42 Å². The Bertz CT molecular complexity index is 418. The Labute approximate surface area is 127 Å². The summed E-state index contributed by atoms with van der Waals surface area (Å²) in [4.78, 5) is 14.9. The smallest absolute Gasteiger partial charge is 0.304 e. The molecule has 0 saturated carbocycles. The van der Waals surface area contributed by atoms with Gasteiger partial charge >= 0.3 is 5.97 Å². The maximum absolute atomic E-state index is 10.7. The molecule has 0 aromatic heterocycles. The summed E-state index contributed by atoms with van der Waals surface area (Å²) in [5.41, 5.74) is 1.21. The molecule has 1 N–H and O–H groups in total. The minimum absolute atomic E-state index is 0.165. The minimum atomic E-state index is -0.760. The third-order valence-corrected chi connectivity index (χ3v) is 3.20. The average Bonchev–Trinajstić information content (AvgIpc) is 2.43. The lowest BCUT2D eigenvalue weighted by Crippen LogP contribution is -2.36. The van der Waals surface area contributed by atoms with Crippen LogP contribution in [0.4, 0.5) is 0 Å². The molecule has 1 aromatic carbocycles. The second kappa shape index (κ2) is 9.37. The Balaban J connectivity index is 2.36. The van der Waals surface area contributed by atoms with E-state index in [1.165, 1.54) is 5.56 Å². The third kappa shape index (κ3) is 8.32. The highest BCUT2D eigenvalue weighted by atomic mass is 16.5. The van der Waals surface area contributed by atoms with Crippen LogP contribution in [-0.2, 0) is 4.79 Å². The number of hydrogen-bond donors (Lipinski definition) is 1. The van der Waals surface area contributed by atoms with E-state index in [1.807, 2.05) is 45.3 Å². The fraction of sp³-hybridized carbons (Fsp3) is 0.562. The van der Waals surface area contributed by atoms with Gasteiger partial charge in [0.2, 0.25) is 0 Å². The van der Waals surface area contributed by atoms with Crippen molar-refractivity contribution in [2.24, 2.45) is 0 Å². The van der Waals surface area contributed by atoms with E-state index in [4.69, 9.17) is 9.84 Å². The maximum atomic E-state index is 10.7. The average molecular weight is 294 g/mol. The van der Waals surface area contributed by atoms with Crippen molar-refractivity contribution in [3.63, 3.8) is 0 Å². The molecule has 1 aromatic rings. The normalized spacial score (nSPS) is 11.1. The van der Waals surface area contributed by atoms with Crippen molar-refractivity contribution in [2.75, 3.05) is 46.9 Å². The first-order valence-electron chi connectivity index (χ1n) is 7.25. The van der Waals surface area contributed by atoms with Crippen molar-refractivity contribution >= 4 is 5.97 Å². The highest BCUT2D eigenvalue weighted by molar-refractivity contribution is 5.66. The van der Waals surface area contributed by atoms with Gasteiger partial charge in [0, 0.05) is 26.2 Å². The number of benzene rings is 1. The number of aryl methyl sites for hydroxylation is 1. The van der Waals surface area contributed by atoms with Crippen molar-refractivity contribution in [2.45, 2.75) is 13.3 Å². The molecule has 118 valence electrons. The van der Waals surface area contributed by atoms with Crippen LogP contribution in [0.3, 0.4) is 0 Å². The van der Waals surface area contributed by atoms with Gasteiger partial charge in [-0.2, -0.15) is 0 Å². The number of carbonyl (C=O) groups is 1. The zero-order chi connectivity index (χ0) is 15.7. The Morgan fingerprint density at radius 3 is 2.33 bits per heavy atom. The highest BCUT2D eigenvalue weighted by Crippen LogP contribution is 2.11. The van der Waals surface area contributed by atoms with E-state index in [0.717, 1.165) is 25.4 Å². The zero-order valence-corrected chi connectivity index (χ0v) is 13.2. The van der Waals surface area contributed by atoms with Gasteiger partial charge in [-0.3, -0.25) is 9.69 Å². The molecule has 0 saturated heterocycles. The lowest BCUT2D eigenvalue weighted by atomic mass is 10.2. The van der Waals surface area contributed by atoms with Crippen molar-refractivity contribution in [3.8, 4) is 5.75 Å². The number of ether oxygens (including phenoxy) is 1. The van der Waals surface area contributed by atoms with Crippen molar-refractivity contribution in [1.82, 2.24) is 9.80 Å². The van der Waals surface area contributed by atoms with Crippen LogP contribution in [0.25, 0.3) is 0 Å². The summed E-state index contributed by atoms with van der Waals surface area (Å²) in [7, 11) is 4.02. The SMILES string of the molecule is Cc1ccc(OCCN(CCC(=O)O)CCN(C)C)cc1. The fourth-order valence-electron chi connectivity index (χ4n) is 1.86. The second-order valence-corrected chi connectivity index (χ2v) is 5.45. The van der Waals surface area contributed by atoms with Crippen LogP contribution >= 0.6 is 0 Å². The van der Waals surface area contributed by atoms with Gasteiger partial charge in [0.25, 0.3) is 0 Å². The third-order valence-electron chi connectivity index (χ3n) is 3.20. The Kier molecular flexibility index (Phi) is 7.79. The largest absolute Gasteiger partial charge is 0.492 e. The molecular weight excluding hydrogens is 268 g/mol. The zero-order valence-electron chi connectivity index (χ0n) is 13.2. The molecule has 5 heteroatoms. The van der Waals surface area contributed by atoms with E-state index in [-0.39, 0.29) is 6.42 Å². The summed E-state index contributed by atoms with van der Waals surface area (Å²) in [5.74, 6) is 0.0932. The van der Waals surface area contributed by atoms with E-state index in [0.29, 0.717) is 13.2 Å². The summed E-state index contributed by atoms with van der Waals surface area (Å²) >= 11 is 0. The fourth-order valence-corrected chi connectivity index (χ4v) is 1.86. The van der Waals surface area contributed by atoms with E-state index in [9.17, 15) is 4.79 Å². The summed E-state index contributed by atoms with van der Waals surface area (Å²) in [6.45, 7) is 5.64. The number of likely N-dealkylation sites (N-methyl/N-ethyl adjacent to an activating group) is 1. The van der Waals surface area contributed by atoms with Crippen molar-refractivity contribution < 1.29 is 14.6 Å². The number of rotatable bonds is 10. The highest BCUT2D eigenvalue weighted by Gasteiger charge is 2.08. The van der Waals surface area contributed by atoms with Gasteiger partial charge in [-0.25, -0.2) is 0 Å². The first-order chi connectivity index (χ1) is 9.97. The van der Waals surface area contributed by atoms with Gasteiger partial charge in [-0.15, -0.1) is 0 Å². The molecule has 0 bridgehead atoms. The topological polar surface area (TPSA) is 53.0 Å². The second-order valence-electron chi connectivity index (χ2n) is 5.45. The summed E-state index contributed by atoms with van der Waals surface area (Å²) in [6.07, 6.45) is 0.165. The van der Waals surface area contributed by atoms with Gasteiger partial charge in [-0.05, 0) is 33.2 Å². The molecule has 0 unspecified atom stereocenters. The summed E-state index contributed by atoms with van der Waals surface area (Å²) < 4.78 is 5.70. The van der Waals surface area contributed by atoms with E-state index >= 15 is 0 Å². The van der Waals surface area contributed by atoms with E-state index < -0.39 is 5.97 Å². The molecule has 0 fully saturated rings. The van der Waals surface area contributed by atoms with Crippen molar-refractivity contribution in [1.29, 1.82) is 0 Å². The van der Waals surface area contributed by atoms with Crippen LogP contribution in [0.2, 0.25) is 0 Å². The Hall–Kier alpha value is -1.59. The van der Waals surface area contributed by atoms with Crippen molar-refractivity contribution in [3.05, 3.63) is 29.8 Å².